The van der Waals surface area contributed by atoms with Gasteiger partial charge in [0, 0.05) is 26.0 Å². The van der Waals surface area contributed by atoms with Crippen molar-refractivity contribution in [3.05, 3.63) is 41.5 Å². The van der Waals surface area contributed by atoms with Gasteiger partial charge in [-0.15, -0.1) is 0 Å². The van der Waals surface area contributed by atoms with Crippen molar-refractivity contribution in [2.45, 2.75) is 38.3 Å². The van der Waals surface area contributed by atoms with E-state index in [0.29, 0.717) is 13.0 Å². The van der Waals surface area contributed by atoms with Crippen LogP contribution in [0, 0.1) is 0 Å². The second kappa shape index (κ2) is 9.50. The van der Waals surface area contributed by atoms with Gasteiger partial charge in [-0.05, 0) is 18.1 Å². The SMILES string of the molecule is C/C=C/c1ccc([C@@H]2[C@@H](CNC(=O)CC)N(C(=O)COC)[C@H]2CO)cc1. The number of allylic oxidation sites excluding steroid dienone is 1. The summed E-state index contributed by atoms with van der Waals surface area (Å²) in [4.78, 5) is 25.7. The van der Waals surface area contributed by atoms with Gasteiger partial charge >= 0.3 is 0 Å². The molecule has 1 aliphatic heterocycles. The number of ether oxygens (including phenoxy) is 1. The topological polar surface area (TPSA) is 78.9 Å². The monoisotopic (exact) mass is 360 g/mol. The second-order valence-electron chi connectivity index (χ2n) is 6.40. The highest BCUT2D eigenvalue weighted by molar-refractivity contribution is 5.80. The Hall–Kier alpha value is -2.18. The average molecular weight is 360 g/mol. The lowest BCUT2D eigenvalue weighted by atomic mass is 9.74. The fourth-order valence-electron chi connectivity index (χ4n) is 3.55. The predicted molar refractivity (Wildman–Crippen MR) is 101 cm³/mol. The van der Waals surface area contributed by atoms with Crippen LogP contribution in [0.5, 0.6) is 0 Å². The Bertz CT molecular complexity index is 642. The lowest BCUT2D eigenvalue weighted by molar-refractivity contribution is -0.155. The normalized spacial score (nSPS) is 22.3. The number of benzene rings is 1. The van der Waals surface area contributed by atoms with E-state index < -0.39 is 0 Å². The summed E-state index contributed by atoms with van der Waals surface area (Å²) in [6, 6.07) is 7.58. The Kier molecular flexibility index (Phi) is 7.36. The first-order valence-corrected chi connectivity index (χ1v) is 8.97. The van der Waals surface area contributed by atoms with Crippen LogP contribution in [0.25, 0.3) is 6.08 Å². The number of likely N-dealkylation sites (tertiary alicyclic amines) is 1. The maximum atomic E-state index is 12.4. The molecule has 0 spiro atoms. The summed E-state index contributed by atoms with van der Waals surface area (Å²) in [5.74, 6) is -0.263. The first-order valence-electron chi connectivity index (χ1n) is 8.97. The maximum Gasteiger partial charge on any atom is 0.249 e. The molecular weight excluding hydrogens is 332 g/mol. The molecule has 0 radical (unpaired) electrons. The minimum atomic E-state index is -0.311. The Morgan fingerprint density at radius 1 is 1.27 bits per heavy atom. The van der Waals surface area contributed by atoms with E-state index in [1.54, 1.807) is 11.8 Å². The summed E-state index contributed by atoms with van der Waals surface area (Å²) in [7, 11) is 1.47. The summed E-state index contributed by atoms with van der Waals surface area (Å²) in [6.45, 7) is 3.95. The molecule has 1 saturated heterocycles. The van der Waals surface area contributed by atoms with Gasteiger partial charge in [0.05, 0.1) is 18.7 Å². The lowest BCUT2D eigenvalue weighted by Crippen LogP contribution is -2.69. The highest BCUT2D eigenvalue weighted by Gasteiger charge is 2.50. The van der Waals surface area contributed by atoms with Crippen LogP contribution in [0.15, 0.2) is 30.3 Å². The highest BCUT2D eigenvalue weighted by Crippen LogP contribution is 2.40. The van der Waals surface area contributed by atoms with Crippen LogP contribution < -0.4 is 5.32 Å². The van der Waals surface area contributed by atoms with Gasteiger partial charge in [0.25, 0.3) is 0 Å². The van der Waals surface area contributed by atoms with E-state index in [2.05, 4.69) is 5.32 Å². The molecule has 2 N–H and O–H groups in total. The van der Waals surface area contributed by atoms with Crippen molar-refractivity contribution in [1.82, 2.24) is 10.2 Å². The molecule has 0 aromatic heterocycles. The molecule has 26 heavy (non-hydrogen) atoms. The minimum absolute atomic E-state index is 0.0300. The molecule has 0 aliphatic carbocycles. The predicted octanol–water partition coefficient (Wildman–Crippen LogP) is 1.55. The Morgan fingerprint density at radius 3 is 2.50 bits per heavy atom. The number of hydrogen-bond acceptors (Lipinski definition) is 4. The Morgan fingerprint density at radius 2 is 1.96 bits per heavy atom. The zero-order chi connectivity index (χ0) is 19.1. The quantitative estimate of drug-likeness (QED) is 0.737. The van der Waals surface area contributed by atoms with Gasteiger partial charge in [0.15, 0.2) is 0 Å². The molecule has 6 nitrogen and oxygen atoms in total. The van der Waals surface area contributed by atoms with Crippen LogP contribution in [0.4, 0.5) is 0 Å². The van der Waals surface area contributed by atoms with Gasteiger partial charge in [-0.2, -0.15) is 0 Å². The number of nitrogens with zero attached hydrogens (tertiary/aromatic N) is 1. The largest absolute Gasteiger partial charge is 0.394 e. The zero-order valence-corrected chi connectivity index (χ0v) is 15.6. The number of carbonyl (C=O) groups excluding carboxylic acids is 2. The van der Waals surface area contributed by atoms with Crippen molar-refractivity contribution in [2.24, 2.45) is 0 Å². The van der Waals surface area contributed by atoms with E-state index in [0.717, 1.165) is 11.1 Å². The van der Waals surface area contributed by atoms with Crippen molar-refractivity contribution in [3.8, 4) is 0 Å². The number of rotatable bonds is 8. The van der Waals surface area contributed by atoms with E-state index in [-0.39, 0.29) is 43.0 Å². The average Bonchev–Trinajstić information content (AvgIpc) is 2.62. The Balaban J connectivity index is 2.24. The third-order valence-corrected chi connectivity index (χ3v) is 4.80. The van der Waals surface area contributed by atoms with Crippen LogP contribution in [0.2, 0.25) is 0 Å². The van der Waals surface area contributed by atoms with Crippen molar-refractivity contribution in [1.29, 1.82) is 0 Å². The third kappa shape index (κ3) is 4.31. The van der Waals surface area contributed by atoms with Crippen LogP contribution in [-0.4, -0.2) is 60.8 Å². The first kappa shape index (κ1) is 20.1. The fourth-order valence-corrected chi connectivity index (χ4v) is 3.55. The molecule has 0 unspecified atom stereocenters. The molecule has 3 atom stereocenters. The smallest absolute Gasteiger partial charge is 0.249 e. The summed E-state index contributed by atoms with van der Waals surface area (Å²) < 4.78 is 4.96. The molecule has 1 aliphatic rings. The van der Waals surface area contributed by atoms with E-state index in [4.69, 9.17) is 4.74 Å². The maximum absolute atomic E-state index is 12.4. The highest BCUT2D eigenvalue weighted by atomic mass is 16.5. The molecule has 0 bridgehead atoms. The number of aliphatic hydroxyl groups excluding tert-OH is 1. The lowest BCUT2D eigenvalue weighted by Gasteiger charge is -2.55. The van der Waals surface area contributed by atoms with Gasteiger partial charge in [-0.3, -0.25) is 9.59 Å². The summed E-state index contributed by atoms with van der Waals surface area (Å²) >= 11 is 0. The summed E-state index contributed by atoms with van der Waals surface area (Å²) in [5, 5.41) is 12.7. The van der Waals surface area contributed by atoms with E-state index in [1.165, 1.54) is 7.11 Å². The minimum Gasteiger partial charge on any atom is -0.394 e. The van der Waals surface area contributed by atoms with Crippen molar-refractivity contribution >= 4 is 17.9 Å². The zero-order valence-electron chi connectivity index (χ0n) is 15.6. The molecule has 1 fully saturated rings. The van der Waals surface area contributed by atoms with Crippen LogP contribution in [0.3, 0.4) is 0 Å². The molecular formula is C20H28N2O4. The van der Waals surface area contributed by atoms with Crippen molar-refractivity contribution < 1.29 is 19.4 Å². The van der Waals surface area contributed by atoms with Crippen LogP contribution in [-0.2, 0) is 14.3 Å². The molecule has 6 heteroatoms. The third-order valence-electron chi connectivity index (χ3n) is 4.80. The second-order valence-corrected chi connectivity index (χ2v) is 6.40. The van der Waals surface area contributed by atoms with Crippen molar-refractivity contribution in [3.63, 3.8) is 0 Å². The number of amides is 2. The number of nitrogens with one attached hydrogen (secondary N) is 1. The molecule has 1 aromatic rings. The molecule has 142 valence electrons. The fraction of sp³-hybridized carbons (Fsp3) is 0.500. The molecule has 2 rings (SSSR count). The van der Waals surface area contributed by atoms with Gasteiger partial charge in [-0.1, -0.05) is 43.3 Å². The Labute approximate surface area is 154 Å². The van der Waals surface area contributed by atoms with E-state index in [9.17, 15) is 14.7 Å². The van der Waals surface area contributed by atoms with Gasteiger partial charge in [0.2, 0.25) is 11.8 Å². The molecule has 0 saturated carbocycles. The van der Waals surface area contributed by atoms with Gasteiger partial charge < -0.3 is 20.1 Å². The summed E-state index contributed by atoms with van der Waals surface area (Å²) in [6.07, 6.45) is 4.38. The standard InChI is InChI=1S/C20H28N2O4/c1-4-6-14-7-9-15(10-8-14)20-16(11-21-18(24)5-2)22(17(20)12-23)19(25)13-26-3/h4,6-10,16-17,20,23H,5,11-13H2,1-3H3,(H,21,24)/b6-4+/t16-,17+,20-/m1/s1. The number of aliphatic hydroxyl groups is 1. The molecule has 1 heterocycles. The number of hydrogen-bond donors (Lipinski definition) is 2. The number of carbonyl (C=O) groups is 2. The van der Waals surface area contributed by atoms with E-state index in [1.807, 2.05) is 43.3 Å². The van der Waals surface area contributed by atoms with Gasteiger partial charge in [0.1, 0.15) is 6.61 Å². The van der Waals surface area contributed by atoms with Crippen molar-refractivity contribution in [2.75, 3.05) is 26.9 Å². The number of methoxy groups -OCH3 is 1. The van der Waals surface area contributed by atoms with Crippen LogP contribution in [0.1, 0.15) is 37.3 Å². The molecule has 1 aromatic carbocycles. The van der Waals surface area contributed by atoms with Crippen LogP contribution >= 0.6 is 0 Å². The van der Waals surface area contributed by atoms with E-state index >= 15 is 0 Å². The summed E-state index contributed by atoms with van der Waals surface area (Å²) in [5.41, 5.74) is 2.15. The first-order chi connectivity index (χ1) is 12.6. The van der Waals surface area contributed by atoms with Gasteiger partial charge in [-0.25, -0.2) is 0 Å². The molecule has 2 amide bonds.